The summed E-state index contributed by atoms with van der Waals surface area (Å²) < 4.78 is 47.1. The second-order valence-corrected chi connectivity index (χ2v) is 8.97. The number of carbonyl (C=O) groups excluding carboxylic acids is 1. The lowest BCUT2D eigenvalue weighted by Crippen LogP contribution is -2.37. The van der Waals surface area contributed by atoms with Crippen LogP contribution < -0.4 is 11.4 Å². The minimum absolute atomic E-state index is 0.0438. The Morgan fingerprint density at radius 1 is 1.18 bits per heavy atom. The van der Waals surface area contributed by atoms with Crippen LogP contribution in [0, 0.1) is 0 Å². The number of benzene rings is 1. The van der Waals surface area contributed by atoms with Crippen LogP contribution in [0.3, 0.4) is 0 Å². The quantitative estimate of drug-likeness (QED) is 0.319. The minimum atomic E-state index is -4.98. The predicted molar refractivity (Wildman–Crippen MR) is 131 cm³/mol. The second-order valence-electron chi connectivity index (χ2n) is 8.12. The molecule has 39 heavy (non-hydrogen) atoms. The molecule has 17 heteroatoms. The van der Waals surface area contributed by atoms with E-state index < -0.39 is 43.3 Å². The number of ether oxygens (including phenoxy) is 1. The topological polar surface area (TPSA) is 156 Å². The third-order valence-electron chi connectivity index (χ3n) is 5.32. The van der Waals surface area contributed by atoms with E-state index in [2.05, 4.69) is 20.2 Å². The highest BCUT2D eigenvalue weighted by molar-refractivity contribution is 6.32. The van der Waals surface area contributed by atoms with Gasteiger partial charge in [-0.3, -0.25) is 4.57 Å². The van der Waals surface area contributed by atoms with Crippen LogP contribution in [-0.2, 0) is 17.8 Å². The molecule has 0 radical (unpaired) electrons. The van der Waals surface area contributed by atoms with Gasteiger partial charge in [0.1, 0.15) is 6.54 Å². The lowest BCUT2D eigenvalue weighted by Gasteiger charge is -2.15. The molecule has 3 heterocycles. The van der Waals surface area contributed by atoms with E-state index in [0.717, 1.165) is 4.68 Å². The zero-order chi connectivity index (χ0) is 28.5. The van der Waals surface area contributed by atoms with Crippen LogP contribution in [0.15, 0.2) is 47.4 Å². The van der Waals surface area contributed by atoms with Crippen molar-refractivity contribution in [2.75, 3.05) is 0 Å². The number of aliphatic hydroxyl groups excluding tert-OH is 1. The van der Waals surface area contributed by atoms with Gasteiger partial charge in [-0.05, 0) is 43.3 Å². The van der Waals surface area contributed by atoms with E-state index >= 15 is 0 Å². The molecular formula is C22H19Cl2F3N8O4. The van der Waals surface area contributed by atoms with Gasteiger partial charge in [-0.2, -0.15) is 17.9 Å². The third kappa shape index (κ3) is 6.21. The number of carbonyl (C=O) groups is 1. The molecule has 2 unspecified atom stereocenters. The van der Waals surface area contributed by atoms with Crippen LogP contribution in [0.1, 0.15) is 24.7 Å². The Bertz CT molecular complexity index is 1550. The van der Waals surface area contributed by atoms with Crippen molar-refractivity contribution in [2.24, 2.45) is 5.73 Å². The van der Waals surface area contributed by atoms with Crippen molar-refractivity contribution in [1.82, 2.24) is 34.1 Å². The lowest BCUT2D eigenvalue weighted by atomic mass is 10.2. The Kier molecular flexibility index (Phi) is 7.94. The standard InChI is InChI=1S/C22H19Cl2F3N8O4/c1-11(39-20(28)37)17-30-16(31-35(17)19-14(24)3-2-8-29-19)10-34-21(38)33(9-15(36)22(25,26)27)18(32-34)12-4-6-13(23)7-5-12/h2-8,11,15,36H,9-10H2,1H3,(H2,28,37). The number of amides is 1. The van der Waals surface area contributed by atoms with Gasteiger partial charge in [-0.15, -0.1) is 10.2 Å². The zero-order valence-corrected chi connectivity index (χ0v) is 21.4. The molecule has 0 saturated heterocycles. The number of halogens is 5. The minimum Gasteiger partial charge on any atom is -0.438 e. The van der Waals surface area contributed by atoms with Crippen LogP contribution in [0.2, 0.25) is 10.0 Å². The van der Waals surface area contributed by atoms with Crippen LogP contribution in [0.5, 0.6) is 0 Å². The van der Waals surface area contributed by atoms with Gasteiger partial charge in [0, 0.05) is 16.8 Å². The van der Waals surface area contributed by atoms with Crippen molar-refractivity contribution >= 4 is 29.3 Å². The predicted octanol–water partition coefficient (Wildman–Crippen LogP) is 3.12. The molecule has 0 saturated carbocycles. The Balaban J connectivity index is 1.79. The van der Waals surface area contributed by atoms with E-state index in [9.17, 15) is 27.9 Å². The number of hydrogen-bond acceptors (Lipinski definition) is 8. The van der Waals surface area contributed by atoms with E-state index in [1.165, 1.54) is 48.1 Å². The van der Waals surface area contributed by atoms with E-state index in [1.54, 1.807) is 6.07 Å². The summed E-state index contributed by atoms with van der Waals surface area (Å²) in [6.45, 7) is -0.0628. The average molecular weight is 587 g/mol. The number of alkyl halides is 3. The molecule has 12 nitrogen and oxygen atoms in total. The van der Waals surface area contributed by atoms with E-state index in [0.29, 0.717) is 9.59 Å². The monoisotopic (exact) mass is 586 g/mol. The summed E-state index contributed by atoms with van der Waals surface area (Å²) in [6, 6.07) is 8.97. The molecule has 1 aromatic carbocycles. The average Bonchev–Trinajstić information content (AvgIpc) is 3.41. The molecule has 0 spiro atoms. The summed E-state index contributed by atoms with van der Waals surface area (Å²) in [5, 5.41) is 18.7. The maximum Gasteiger partial charge on any atom is 0.416 e. The summed E-state index contributed by atoms with van der Waals surface area (Å²) >= 11 is 12.2. The number of aromatic nitrogens is 7. The molecule has 3 N–H and O–H groups in total. The second kappa shape index (κ2) is 11.0. The van der Waals surface area contributed by atoms with Gasteiger partial charge in [0.25, 0.3) is 0 Å². The summed E-state index contributed by atoms with van der Waals surface area (Å²) in [5.41, 5.74) is 4.42. The van der Waals surface area contributed by atoms with Gasteiger partial charge in [-0.1, -0.05) is 23.2 Å². The van der Waals surface area contributed by atoms with Crippen molar-refractivity contribution in [3.8, 4) is 17.2 Å². The maximum absolute atomic E-state index is 13.2. The molecule has 1 amide bonds. The highest BCUT2D eigenvalue weighted by Gasteiger charge is 2.39. The van der Waals surface area contributed by atoms with Crippen molar-refractivity contribution in [2.45, 2.75) is 38.4 Å². The molecule has 3 aromatic heterocycles. The van der Waals surface area contributed by atoms with Gasteiger partial charge < -0.3 is 15.6 Å². The first kappa shape index (κ1) is 28.1. The van der Waals surface area contributed by atoms with Crippen LogP contribution in [0.4, 0.5) is 18.0 Å². The number of rotatable bonds is 8. The Labute approximate surface area is 227 Å². The zero-order valence-electron chi connectivity index (χ0n) is 19.9. The highest BCUT2D eigenvalue weighted by atomic mass is 35.5. The first-order valence-electron chi connectivity index (χ1n) is 11.1. The van der Waals surface area contributed by atoms with E-state index in [1.807, 2.05) is 0 Å². The van der Waals surface area contributed by atoms with Crippen molar-refractivity contribution in [3.63, 3.8) is 0 Å². The van der Waals surface area contributed by atoms with Crippen LogP contribution in [-0.4, -0.2) is 57.6 Å². The lowest BCUT2D eigenvalue weighted by molar-refractivity contribution is -0.207. The first-order valence-corrected chi connectivity index (χ1v) is 11.8. The molecular weight excluding hydrogens is 568 g/mol. The van der Waals surface area contributed by atoms with Gasteiger partial charge in [0.2, 0.25) is 0 Å². The largest absolute Gasteiger partial charge is 0.438 e. The number of nitrogens with two attached hydrogens (primary N) is 1. The summed E-state index contributed by atoms with van der Waals surface area (Å²) in [5.74, 6) is -0.0293. The fourth-order valence-electron chi connectivity index (χ4n) is 3.55. The molecule has 4 rings (SSSR count). The number of primary amides is 1. The third-order valence-corrected chi connectivity index (χ3v) is 5.87. The van der Waals surface area contributed by atoms with E-state index in [4.69, 9.17) is 33.7 Å². The Morgan fingerprint density at radius 2 is 1.87 bits per heavy atom. The number of nitrogens with zero attached hydrogens (tertiary/aromatic N) is 7. The fourth-order valence-corrected chi connectivity index (χ4v) is 3.87. The Morgan fingerprint density at radius 3 is 2.49 bits per heavy atom. The van der Waals surface area contributed by atoms with Gasteiger partial charge in [0.05, 0.1) is 11.6 Å². The molecule has 0 aliphatic carbocycles. The van der Waals surface area contributed by atoms with Gasteiger partial charge in [0.15, 0.2) is 35.5 Å². The van der Waals surface area contributed by atoms with Crippen molar-refractivity contribution < 1.29 is 27.8 Å². The smallest absolute Gasteiger partial charge is 0.416 e. The van der Waals surface area contributed by atoms with E-state index in [-0.39, 0.29) is 33.9 Å². The molecule has 2 atom stereocenters. The number of aliphatic hydroxyl groups is 1. The van der Waals surface area contributed by atoms with Crippen molar-refractivity contribution in [3.05, 3.63) is 74.8 Å². The normalized spacial score (nSPS) is 13.3. The van der Waals surface area contributed by atoms with Crippen LogP contribution in [0.25, 0.3) is 17.2 Å². The fraction of sp³-hybridized carbons (Fsp3) is 0.273. The molecule has 0 aliphatic rings. The molecule has 206 valence electrons. The molecule has 4 aromatic rings. The van der Waals surface area contributed by atoms with Crippen LogP contribution >= 0.6 is 23.2 Å². The first-order chi connectivity index (χ1) is 18.3. The van der Waals surface area contributed by atoms with Gasteiger partial charge >= 0.3 is 18.0 Å². The number of pyridine rings is 1. The maximum atomic E-state index is 13.2. The summed E-state index contributed by atoms with van der Waals surface area (Å²) in [7, 11) is 0. The number of hydrogen-bond donors (Lipinski definition) is 2. The molecule has 0 fully saturated rings. The molecule has 0 bridgehead atoms. The van der Waals surface area contributed by atoms with Gasteiger partial charge in [-0.25, -0.2) is 24.2 Å². The summed E-state index contributed by atoms with van der Waals surface area (Å²) in [6.07, 6.45) is -8.49. The molecule has 0 aliphatic heterocycles. The SMILES string of the molecule is CC(OC(N)=O)c1nc(Cn2nc(-c3ccc(Cl)cc3)n(CC(O)C(F)(F)F)c2=O)nn1-c1ncccc1Cl. The Hall–Kier alpha value is -3.95. The highest BCUT2D eigenvalue weighted by Crippen LogP contribution is 2.25. The summed E-state index contributed by atoms with van der Waals surface area (Å²) in [4.78, 5) is 33.0. The van der Waals surface area contributed by atoms with Crippen molar-refractivity contribution in [1.29, 1.82) is 0 Å².